The van der Waals surface area contributed by atoms with Crippen LogP contribution in [0.4, 0.5) is 0 Å². The van der Waals surface area contributed by atoms with Crippen molar-refractivity contribution in [3.05, 3.63) is 52.6 Å². The maximum Gasteiger partial charge on any atom is -0.0101 e. The maximum atomic E-state index is 2.32. The average Bonchev–Trinajstić information content (AvgIpc) is 2.58. The topological polar surface area (TPSA) is 0 Å². The predicted octanol–water partition coefficient (Wildman–Crippen LogP) is 4.37. The molecule has 0 N–H and O–H groups in total. The van der Waals surface area contributed by atoms with Crippen molar-refractivity contribution in [1.29, 1.82) is 0 Å². The van der Waals surface area contributed by atoms with Crippen LogP contribution in [0.1, 0.15) is 38.3 Å². The highest BCUT2D eigenvalue weighted by Gasteiger charge is 2.10. The van der Waals surface area contributed by atoms with E-state index >= 15 is 0 Å². The fraction of sp³-hybridized carbons (Fsp3) is 0.333. The van der Waals surface area contributed by atoms with Gasteiger partial charge in [0, 0.05) is 0 Å². The maximum absolute atomic E-state index is 2.32. The average molecular weight is 198 g/mol. The minimum atomic E-state index is 1.12. The Labute approximate surface area is 92.3 Å². The van der Waals surface area contributed by atoms with Gasteiger partial charge in [0.1, 0.15) is 0 Å². The Balaban J connectivity index is 2.34. The first-order valence-electron chi connectivity index (χ1n) is 5.67. The van der Waals surface area contributed by atoms with Crippen LogP contribution in [0.25, 0.3) is 5.57 Å². The second-order valence-electron chi connectivity index (χ2n) is 4.41. The lowest BCUT2D eigenvalue weighted by Crippen LogP contribution is -1.84. The van der Waals surface area contributed by atoms with Crippen molar-refractivity contribution in [3.63, 3.8) is 0 Å². The van der Waals surface area contributed by atoms with E-state index in [1.165, 1.54) is 27.8 Å². The van der Waals surface area contributed by atoms with Crippen molar-refractivity contribution in [3.8, 4) is 0 Å². The molecule has 78 valence electrons. The summed E-state index contributed by atoms with van der Waals surface area (Å²) in [6.45, 7) is 6.63. The Hall–Kier alpha value is -1.30. The second-order valence-corrected chi connectivity index (χ2v) is 4.41. The fourth-order valence-electron chi connectivity index (χ4n) is 2.18. The van der Waals surface area contributed by atoms with E-state index in [1.54, 1.807) is 0 Å². The summed E-state index contributed by atoms with van der Waals surface area (Å²) in [6.07, 6.45) is 4.58. The van der Waals surface area contributed by atoms with Crippen molar-refractivity contribution < 1.29 is 0 Å². The molecule has 0 spiro atoms. The van der Waals surface area contributed by atoms with E-state index in [-0.39, 0.29) is 0 Å². The first-order valence-corrected chi connectivity index (χ1v) is 5.67. The Morgan fingerprint density at radius 2 is 1.73 bits per heavy atom. The van der Waals surface area contributed by atoms with Crippen molar-refractivity contribution >= 4 is 5.57 Å². The first-order chi connectivity index (χ1) is 7.20. The van der Waals surface area contributed by atoms with E-state index in [9.17, 15) is 0 Å². The SMILES string of the molecule is CCc1ccc(C2=C(C)CC(C)=C2)cc1. The molecule has 0 aliphatic heterocycles. The molecule has 0 fully saturated rings. The van der Waals surface area contributed by atoms with Crippen LogP contribution in [0.3, 0.4) is 0 Å². The van der Waals surface area contributed by atoms with Crippen LogP contribution in [-0.4, -0.2) is 0 Å². The summed E-state index contributed by atoms with van der Waals surface area (Å²) >= 11 is 0. The van der Waals surface area contributed by atoms with E-state index in [0.717, 1.165) is 12.8 Å². The summed E-state index contributed by atoms with van der Waals surface area (Å²) in [4.78, 5) is 0. The Kier molecular flexibility index (Phi) is 2.77. The van der Waals surface area contributed by atoms with Crippen LogP contribution < -0.4 is 0 Å². The zero-order chi connectivity index (χ0) is 10.8. The summed E-state index contributed by atoms with van der Waals surface area (Å²) in [5, 5.41) is 0. The summed E-state index contributed by atoms with van der Waals surface area (Å²) in [5.74, 6) is 0. The molecule has 0 heteroatoms. The van der Waals surface area contributed by atoms with Gasteiger partial charge >= 0.3 is 0 Å². The van der Waals surface area contributed by atoms with Gasteiger partial charge in [0.15, 0.2) is 0 Å². The molecule has 2 rings (SSSR count). The van der Waals surface area contributed by atoms with Gasteiger partial charge < -0.3 is 0 Å². The van der Waals surface area contributed by atoms with Crippen LogP contribution in [0.5, 0.6) is 0 Å². The Morgan fingerprint density at radius 3 is 2.20 bits per heavy atom. The third-order valence-electron chi connectivity index (χ3n) is 3.07. The number of aryl methyl sites for hydroxylation is 1. The number of hydrogen-bond acceptors (Lipinski definition) is 0. The molecule has 0 atom stereocenters. The minimum absolute atomic E-state index is 1.12. The van der Waals surface area contributed by atoms with Gasteiger partial charge in [-0.3, -0.25) is 0 Å². The molecule has 1 aromatic rings. The molecule has 0 heterocycles. The summed E-state index contributed by atoms with van der Waals surface area (Å²) < 4.78 is 0. The molecule has 15 heavy (non-hydrogen) atoms. The van der Waals surface area contributed by atoms with E-state index in [1.807, 2.05) is 0 Å². The van der Waals surface area contributed by atoms with Gasteiger partial charge in [0.25, 0.3) is 0 Å². The zero-order valence-electron chi connectivity index (χ0n) is 9.80. The number of benzene rings is 1. The number of hydrogen-bond donors (Lipinski definition) is 0. The normalized spacial score (nSPS) is 15.8. The summed E-state index contributed by atoms with van der Waals surface area (Å²) in [7, 11) is 0. The van der Waals surface area contributed by atoms with Gasteiger partial charge in [-0.05, 0) is 43.4 Å². The molecular formula is C15H18. The highest BCUT2D eigenvalue weighted by molar-refractivity contribution is 5.80. The van der Waals surface area contributed by atoms with Crippen molar-refractivity contribution in [1.82, 2.24) is 0 Å². The lowest BCUT2D eigenvalue weighted by molar-refractivity contribution is 1.14. The van der Waals surface area contributed by atoms with Gasteiger partial charge in [0.05, 0.1) is 0 Å². The molecule has 0 nitrogen and oxygen atoms in total. The molecule has 1 aliphatic carbocycles. The van der Waals surface area contributed by atoms with Crippen molar-refractivity contribution in [2.24, 2.45) is 0 Å². The molecule has 0 saturated carbocycles. The smallest absolute Gasteiger partial charge is 0.0101 e. The van der Waals surface area contributed by atoms with Crippen LogP contribution in [0.2, 0.25) is 0 Å². The van der Waals surface area contributed by atoms with Gasteiger partial charge in [0.2, 0.25) is 0 Å². The lowest BCUT2D eigenvalue weighted by atomic mass is 10.0. The molecule has 0 saturated heterocycles. The Bertz CT molecular complexity index is 416. The van der Waals surface area contributed by atoms with Crippen molar-refractivity contribution in [2.75, 3.05) is 0 Å². The van der Waals surface area contributed by atoms with E-state index in [2.05, 4.69) is 51.1 Å². The van der Waals surface area contributed by atoms with Crippen LogP contribution in [0.15, 0.2) is 41.5 Å². The van der Waals surface area contributed by atoms with Crippen molar-refractivity contribution in [2.45, 2.75) is 33.6 Å². The summed E-state index contributed by atoms with van der Waals surface area (Å²) in [6, 6.07) is 8.95. The fourth-order valence-corrected chi connectivity index (χ4v) is 2.18. The van der Waals surface area contributed by atoms with Gasteiger partial charge in [-0.25, -0.2) is 0 Å². The Morgan fingerprint density at radius 1 is 1.07 bits per heavy atom. The van der Waals surface area contributed by atoms with E-state index in [0.29, 0.717) is 0 Å². The van der Waals surface area contributed by atoms with Gasteiger partial charge in [-0.1, -0.05) is 48.4 Å². The summed E-state index contributed by atoms with van der Waals surface area (Å²) in [5.41, 5.74) is 7.17. The number of allylic oxidation sites excluding steroid dienone is 4. The molecule has 0 aromatic heterocycles. The van der Waals surface area contributed by atoms with Gasteiger partial charge in [-0.15, -0.1) is 0 Å². The predicted molar refractivity (Wildman–Crippen MR) is 66.8 cm³/mol. The van der Waals surface area contributed by atoms with Gasteiger partial charge in [-0.2, -0.15) is 0 Å². The highest BCUT2D eigenvalue weighted by atomic mass is 14.2. The molecule has 1 aliphatic rings. The zero-order valence-corrected chi connectivity index (χ0v) is 9.80. The molecule has 0 unspecified atom stereocenters. The largest absolute Gasteiger partial charge is 0.0686 e. The van der Waals surface area contributed by atoms with E-state index < -0.39 is 0 Å². The molecule has 0 radical (unpaired) electrons. The lowest BCUT2D eigenvalue weighted by Gasteiger charge is -2.04. The molecule has 1 aromatic carbocycles. The minimum Gasteiger partial charge on any atom is -0.0686 e. The molecular weight excluding hydrogens is 180 g/mol. The first kappa shape index (κ1) is 10.2. The third kappa shape index (κ3) is 2.04. The monoisotopic (exact) mass is 198 g/mol. The van der Waals surface area contributed by atoms with E-state index in [4.69, 9.17) is 0 Å². The standard InChI is InChI=1S/C15H18/c1-4-13-5-7-14(8-6-13)15-10-11(2)9-12(15)3/h5-8,10H,4,9H2,1-3H3. The molecule has 0 amide bonds. The van der Waals surface area contributed by atoms with Crippen LogP contribution in [0, 0.1) is 0 Å². The second kappa shape index (κ2) is 4.06. The highest BCUT2D eigenvalue weighted by Crippen LogP contribution is 2.31. The number of rotatable bonds is 2. The quantitative estimate of drug-likeness (QED) is 0.662. The third-order valence-corrected chi connectivity index (χ3v) is 3.07. The van der Waals surface area contributed by atoms with Crippen LogP contribution >= 0.6 is 0 Å². The van der Waals surface area contributed by atoms with Crippen LogP contribution in [-0.2, 0) is 6.42 Å². The molecule has 0 bridgehead atoms.